The van der Waals surface area contributed by atoms with Crippen LogP contribution in [-0.4, -0.2) is 30.8 Å². The van der Waals surface area contributed by atoms with Crippen LogP contribution in [0, 0.1) is 5.41 Å². The fourth-order valence-electron chi connectivity index (χ4n) is 2.41. The molecule has 0 bridgehead atoms. The first-order valence-corrected chi connectivity index (χ1v) is 5.87. The van der Waals surface area contributed by atoms with Gasteiger partial charge in [0.05, 0.1) is 5.69 Å². The zero-order chi connectivity index (χ0) is 11.9. The molecule has 4 heteroatoms. The van der Waals surface area contributed by atoms with Gasteiger partial charge in [0.2, 0.25) is 0 Å². The van der Waals surface area contributed by atoms with E-state index >= 15 is 0 Å². The molecular formula is C13H15NO3. The van der Waals surface area contributed by atoms with Gasteiger partial charge in [-0.15, -0.1) is 0 Å². The van der Waals surface area contributed by atoms with Crippen LogP contribution in [0.4, 0.5) is 5.69 Å². The van der Waals surface area contributed by atoms with E-state index in [-0.39, 0.29) is 6.61 Å². The summed E-state index contributed by atoms with van der Waals surface area (Å²) in [6, 6.07) is 7.65. The fraction of sp³-hybridized carbons (Fsp3) is 0.462. The summed E-state index contributed by atoms with van der Waals surface area (Å²) in [5.74, 6) is -0.271. The van der Waals surface area contributed by atoms with Crippen molar-refractivity contribution in [2.45, 2.75) is 12.8 Å². The predicted molar refractivity (Wildman–Crippen MR) is 63.5 cm³/mol. The Morgan fingerprint density at radius 3 is 2.71 bits per heavy atom. The fourth-order valence-corrected chi connectivity index (χ4v) is 2.41. The summed E-state index contributed by atoms with van der Waals surface area (Å²) in [6.45, 7) is 1.89. The quantitative estimate of drug-likeness (QED) is 0.860. The Bertz CT molecular complexity index is 446. The van der Waals surface area contributed by atoms with E-state index < -0.39 is 5.97 Å². The topological polar surface area (TPSA) is 49.8 Å². The number of ether oxygens (including phenoxy) is 1. The summed E-state index contributed by atoms with van der Waals surface area (Å²) >= 11 is 0. The lowest BCUT2D eigenvalue weighted by molar-refractivity contribution is -0.139. The zero-order valence-corrected chi connectivity index (χ0v) is 9.56. The summed E-state index contributed by atoms with van der Waals surface area (Å²) in [7, 11) is 0. The number of hydrogen-bond donors (Lipinski definition) is 1. The number of carbonyl (C=O) groups is 1. The minimum Gasteiger partial charge on any atom is -0.480 e. The van der Waals surface area contributed by atoms with Crippen molar-refractivity contribution < 1.29 is 14.6 Å². The van der Waals surface area contributed by atoms with E-state index in [0.29, 0.717) is 11.2 Å². The number of para-hydroxylation sites is 2. The maximum Gasteiger partial charge on any atom is 0.341 e. The van der Waals surface area contributed by atoms with Gasteiger partial charge < -0.3 is 14.7 Å². The molecular weight excluding hydrogens is 218 g/mol. The third-order valence-electron chi connectivity index (χ3n) is 3.57. The number of carboxylic acid groups (broad SMARTS) is 1. The van der Waals surface area contributed by atoms with Crippen molar-refractivity contribution in [3.05, 3.63) is 24.3 Å². The molecule has 90 valence electrons. The lowest BCUT2D eigenvalue weighted by atomic mass is 9.96. The standard InChI is InChI=1S/C13H15NO3/c15-12(16)7-17-11-4-2-1-3-10(11)14-8-13(9-14)5-6-13/h1-4H,5-9H2,(H,15,16). The van der Waals surface area contributed by atoms with Crippen molar-refractivity contribution in [1.29, 1.82) is 0 Å². The second-order valence-corrected chi connectivity index (χ2v) is 5.01. The smallest absolute Gasteiger partial charge is 0.341 e. The van der Waals surface area contributed by atoms with Gasteiger partial charge in [0.1, 0.15) is 5.75 Å². The molecule has 2 fully saturated rings. The van der Waals surface area contributed by atoms with E-state index in [4.69, 9.17) is 9.84 Å². The molecule has 1 N–H and O–H groups in total. The van der Waals surface area contributed by atoms with E-state index in [1.165, 1.54) is 12.8 Å². The minimum absolute atomic E-state index is 0.282. The van der Waals surface area contributed by atoms with Crippen LogP contribution in [0.5, 0.6) is 5.75 Å². The molecule has 0 unspecified atom stereocenters. The molecule has 1 aromatic carbocycles. The van der Waals surface area contributed by atoms with Gasteiger partial charge in [-0.25, -0.2) is 4.79 Å². The molecule has 4 nitrogen and oxygen atoms in total. The van der Waals surface area contributed by atoms with Crippen LogP contribution in [0.15, 0.2) is 24.3 Å². The highest BCUT2D eigenvalue weighted by Gasteiger charge is 2.52. The largest absolute Gasteiger partial charge is 0.480 e. The lowest BCUT2D eigenvalue weighted by Gasteiger charge is -2.42. The van der Waals surface area contributed by atoms with Crippen molar-refractivity contribution in [3.8, 4) is 5.75 Å². The molecule has 1 aromatic rings. The minimum atomic E-state index is -0.943. The summed E-state index contributed by atoms with van der Waals surface area (Å²) in [5, 5.41) is 8.63. The molecule has 3 rings (SSSR count). The molecule has 1 aliphatic carbocycles. The van der Waals surface area contributed by atoms with E-state index in [0.717, 1.165) is 18.8 Å². The summed E-state index contributed by atoms with van der Waals surface area (Å²) in [4.78, 5) is 12.8. The second-order valence-electron chi connectivity index (χ2n) is 5.01. The SMILES string of the molecule is O=C(O)COc1ccccc1N1CC2(CC2)C1. The number of hydrogen-bond acceptors (Lipinski definition) is 3. The zero-order valence-electron chi connectivity index (χ0n) is 9.56. The Hall–Kier alpha value is -1.71. The molecule has 0 atom stereocenters. The number of rotatable bonds is 4. The maximum absolute atomic E-state index is 10.5. The van der Waals surface area contributed by atoms with Crippen LogP contribution in [0.25, 0.3) is 0 Å². The molecule has 1 aliphatic heterocycles. The highest BCUT2D eigenvalue weighted by atomic mass is 16.5. The van der Waals surface area contributed by atoms with E-state index in [9.17, 15) is 4.79 Å². The summed E-state index contributed by atoms with van der Waals surface area (Å²) in [6.07, 6.45) is 2.67. The van der Waals surface area contributed by atoms with Gasteiger partial charge in [-0.05, 0) is 25.0 Å². The molecule has 17 heavy (non-hydrogen) atoms. The van der Waals surface area contributed by atoms with Crippen molar-refractivity contribution in [2.24, 2.45) is 5.41 Å². The van der Waals surface area contributed by atoms with Gasteiger partial charge in [-0.2, -0.15) is 0 Å². The Labute approximate surface area is 99.8 Å². The maximum atomic E-state index is 10.5. The number of anilines is 1. The van der Waals surface area contributed by atoms with Crippen LogP contribution in [-0.2, 0) is 4.79 Å². The average molecular weight is 233 g/mol. The van der Waals surface area contributed by atoms with E-state index in [1.54, 1.807) is 0 Å². The molecule has 1 saturated carbocycles. The van der Waals surface area contributed by atoms with Gasteiger partial charge >= 0.3 is 5.97 Å². The van der Waals surface area contributed by atoms with Crippen LogP contribution in [0.1, 0.15) is 12.8 Å². The van der Waals surface area contributed by atoms with E-state index in [2.05, 4.69) is 4.90 Å². The number of carboxylic acids is 1. The first-order valence-electron chi connectivity index (χ1n) is 5.87. The van der Waals surface area contributed by atoms with Crippen LogP contribution < -0.4 is 9.64 Å². The van der Waals surface area contributed by atoms with Crippen LogP contribution in [0.3, 0.4) is 0 Å². The molecule has 0 radical (unpaired) electrons. The molecule has 0 aromatic heterocycles. The van der Waals surface area contributed by atoms with Crippen molar-refractivity contribution in [1.82, 2.24) is 0 Å². The highest BCUT2D eigenvalue weighted by molar-refractivity contribution is 5.69. The predicted octanol–water partition coefficient (Wildman–Crippen LogP) is 1.75. The molecule has 1 spiro atoms. The van der Waals surface area contributed by atoms with Crippen molar-refractivity contribution in [2.75, 3.05) is 24.6 Å². The summed E-state index contributed by atoms with van der Waals surface area (Å²) < 4.78 is 5.30. The first-order chi connectivity index (χ1) is 8.19. The lowest BCUT2D eigenvalue weighted by Crippen LogP contribution is -2.48. The normalized spacial score (nSPS) is 19.9. The second kappa shape index (κ2) is 3.65. The van der Waals surface area contributed by atoms with Gasteiger partial charge in [0, 0.05) is 18.5 Å². The number of aliphatic carboxylic acids is 1. The molecule has 0 amide bonds. The number of benzene rings is 1. The van der Waals surface area contributed by atoms with Crippen LogP contribution in [0.2, 0.25) is 0 Å². The van der Waals surface area contributed by atoms with Gasteiger partial charge in [0.15, 0.2) is 6.61 Å². The Morgan fingerprint density at radius 2 is 2.06 bits per heavy atom. The molecule has 1 saturated heterocycles. The monoisotopic (exact) mass is 233 g/mol. The first kappa shape index (κ1) is 10.4. The van der Waals surface area contributed by atoms with E-state index in [1.807, 2.05) is 24.3 Å². The summed E-state index contributed by atoms with van der Waals surface area (Å²) in [5.41, 5.74) is 1.60. The van der Waals surface area contributed by atoms with Crippen molar-refractivity contribution in [3.63, 3.8) is 0 Å². The van der Waals surface area contributed by atoms with Gasteiger partial charge in [-0.3, -0.25) is 0 Å². The molecule has 2 aliphatic rings. The van der Waals surface area contributed by atoms with Crippen molar-refractivity contribution >= 4 is 11.7 Å². The third-order valence-corrected chi connectivity index (χ3v) is 3.57. The Balaban J connectivity index is 1.72. The Kier molecular flexibility index (Phi) is 2.24. The van der Waals surface area contributed by atoms with Gasteiger partial charge in [-0.1, -0.05) is 12.1 Å². The Morgan fingerprint density at radius 1 is 1.35 bits per heavy atom. The highest BCUT2D eigenvalue weighted by Crippen LogP contribution is 2.54. The molecule has 1 heterocycles. The number of nitrogens with zero attached hydrogens (tertiary/aromatic N) is 1. The van der Waals surface area contributed by atoms with Gasteiger partial charge in [0.25, 0.3) is 0 Å². The van der Waals surface area contributed by atoms with Crippen LogP contribution >= 0.6 is 0 Å². The average Bonchev–Trinajstić information content (AvgIpc) is 3.05. The third kappa shape index (κ3) is 1.95.